The lowest BCUT2D eigenvalue weighted by molar-refractivity contribution is -0.137. The molecule has 0 aliphatic rings. The van der Waals surface area contributed by atoms with Crippen molar-refractivity contribution >= 4 is 29.1 Å². The summed E-state index contributed by atoms with van der Waals surface area (Å²) in [5, 5.41) is 14.3. The maximum Gasteiger partial charge on any atom is 0.325 e. The second-order valence-electron chi connectivity index (χ2n) is 5.09. The minimum absolute atomic E-state index is 0.290. The number of carbonyl (C=O) groups is 1. The molecule has 0 saturated carbocycles. The standard InChI is InChI=1S/C15H13ClN4O2S/c1-8-4-3-5-10(6-8)15-17-14(19-23-15)13-12(16)9(2)18-20(13)7-11(21)22/h3-6H,7H2,1-2H3,(H,21,22). The molecule has 0 atom stereocenters. The van der Waals surface area contributed by atoms with Crippen LogP contribution in [0.2, 0.25) is 5.02 Å². The minimum Gasteiger partial charge on any atom is -0.480 e. The highest BCUT2D eigenvalue weighted by Crippen LogP contribution is 2.32. The number of aromatic nitrogens is 4. The molecular weight excluding hydrogens is 336 g/mol. The third kappa shape index (κ3) is 3.11. The quantitative estimate of drug-likeness (QED) is 0.781. The van der Waals surface area contributed by atoms with Gasteiger partial charge in [0, 0.05) is 5.56 Å². The number of aryl methyl sites for hydroxylation is 2. The summed E-state index contributed by atoms with van der Waals surface area (Å²) in [4.78, 5) is 15.5. The molecule has 0 radical (unpaired) electrons. The molecule has 2 aromatic heterocycles. The first-order chi connectivity index (χ1) is 11.0. The fourth-order valence-electron chi connectivity index (χ4n) is 2.23. The van der Waals surface area contributed by atoms with Crippen LogP contribution in [0.15, 0.2) is 24.3 Å². The van der Waals surface area contributed by atoms with Crippen LogP contribution in [-0.2, 0) is 11.3 Å². The first-order valence-electron chi connectivity index (χ1n) is 6.81. The van der Waals surface area contributed by atoms with Crippen LogP contribution in [0.25, 0.3) is 22.1 Å². The van der Waals surface area contributed by atoms with Gasteiger partial charge in [0.1, 0.15) is 17.2 Å². The minimum atomic E-state index is -1.00. The number of nitrogens with zero attached hydrogens (tertiary/aromatic N) is 4. The molecule has 0 saturated heterocycles. The largest absolute Gasteiger partial charge is 0.480 e. The fourth-order valence-corrected chi connectivity index (χ4v) is 3.11. The summed E-state index contributed by atoms with van der Waals surface area (Å²) in [6.07, 6.45) is 0. The molecule has 1 N–H and O–H groups in total. The lowest BCUT2D eigenvalue weighted by atomic mass is 10.1. The molecule has 118 valence electrons. The van der Waals surface area contributed by atoms with Crippen LogP contribution in [0.5, 0.6) is 0 Å². The number of aliphatic carboxylic acids is 1. The molecule has 3 rings (SSSR count). The Hall–Kier alpha value is -2.25. The summed E-state index contributed by atoms with van der Waals surface area (Å²) in [7, 11) is 0. The highest BCUT2D eigenvalue weighted by molar-refractivity contribution is 7.09. The Kier molecular flexibility index (Phi) is 4.14. The second-order valence-corrected chi connectivity index (χ2v) is 6.22. The van der Waals surface area contributed by atoms with Gasteiger partial charge in [0.05, 0.1) is 10.7 Å². The summed E-state index contributed by atoms with van der Waals surface area (Å²) in [5.74, 6) is -0.613. The molecule has 23 heavy (non-hydrogen) atoms. The first-order valence-corrected chi connectivity index (χ1v) is 7.96. The molecule has 6 nitrogen and oxygen atoms in total. The Morgan fingerprint density at radius 1 is 1.39 bits per heavy atom. The van der Waals surface area contributed by atoms with Crippen LogP contribution >= 0.6 is 23.1 Å². The average molecular weight is 349 g/mol. The summed E-state index contributed by atoms with van der Waals surface area (Å²) in [6.45, 7) is 3.44. The van der Waals surface area contributed by atoms with Crippen molar-refractivity contribution in [3.8, 4) is 22.1 Å². The summed E-state index contributed by atoms with van der Waals surface area (Å²) in [5.41, 5.74) is 3.08. The van der Waals surface area contributed by atoms with E-state index in [0.29, 0.717) is 22.2 Å². The predicted octanol–water partition coefficient (Wildman–Crippen LogP) is 3.42. The highest BCUT2D eigenvalue weighted by atomic mass is 35.5. The monoisotopic (exact) mass is 348 g/mol. The van der Waals surface area contributed by atoms with Crippen LogP contribution in [0.3, 0.4) is 0 Å². The number of carboxylic acid groups (broad SMARTS) is 1. The normalized spacial score (nSPS) is 10.9. The Morgan fingerprint density at radius 3 is 2.87 bits per heavy atom. The van der Waals surface area contributed by atoms with E-state index in [1.807, 2.05) is 31.2 Å². The number of benzene rings is 1. The zero-order chi connectivity index (χ0) is 16.6. The molecule has 0 spiro atoms. The van der Waals surface area contributed by atoms with E-state index in [2.05, 4.69) is 14.5 Å². The predicted molar refractivity (Wildman–Crippen MR) is 88.7 cm³/mol. The zero-order valence-electron chi connectivity index (χ0n) is 12.4. The van der Waals surface area contributed by atoms with Gasteiger partial charge in [-0.2, -0.15) is 9.47 Å². The van der Waals surface area contributed by atoms with Gasteiger partial charge in [-0.05, 0) is 31.4 Å². The van der Waals surface area contributed by atoms with Crippen molar-refractivity contribution in [1.29, 1.82) is 0 Å². The van der Waals surface area contributed by atoms with E-state index in [1.165, 1.54) is 16.2 Å². The van der Waals surface area contributed by atoms with E-state index in [0.717, 1.165) is 16.1 Å². The maximum atomic E-state index is 11.0. The van der Waals surface area contributed by atoms with Gasteiger partial charge in [0.2, 0.25) is 0 Å². The van der Waals surface area contributed by atoms with Crippen LogP contribution in [0.1, 0.15) is 11.3 Å². The molecular formula is C15H13ClN4O2S. The van der Waals surface area contributed by atoms with E-state index in [-0.39, 0.29) is 6.54 Å². The smallest absolute Gasteiger partial charge is 0.325 e. The molecule has 1 aromatic carbocycles. The third-order valence-corrected chi connectivity index (χ3v) is 4.46. The molecule has 0 aliphatic heterocycles. The summed E-state index contributed by atoms with van der Waals surface area (Å²) in [6, 6.07) is 7.94. The van der Waals surface area contributed by atoms with Gasteiger partial charge < -0.3 is 5.11 Å². The van der Waals surface area contributed by atoms with E-state index in [1.54, 1.807) is 6.92 Å². The van der Waals surface area contributed by atoms with Crippen molar-refractivity contribution in [3.05, 3.63) is 40.5 Å². The Bertz CT molecular complexity index is 887. The molecule has 0 amide bonds. The van der Waals surface area contributed by atoms with E-state index in [4.69, 9.17) is 16.7 Å². The van der Waals surface area contributed by atoms with Gasteiger partial charge in [-0.25, -0.2) is 9.67 Å². The summed E-state index contributed by atoms with van der Waals surface area (Å²) >= 11 is 7.50. The SMILES string of the molecule is Cc1cccc(-c2nc(-c3c(Cl)c(C)nn3CC(=O)O)ns2)c1. The lowest BCUT2D eigenvalue weighted by Crippen LogP contribution is -2.11. The molecule has 0 bridgehead atoms. The topological polar surface area (TPSA) is 80.9 Å². The first kappa shape index (κ1) is 15.6. The van der Waals surface area contributed by atoms with Gasteiger partial charge in [-0.15, -0.1) is 0 Å². The van der Waals surface area contributed by atoms with Gasteiger partial charge in [0.25, 0.3) is 0 Å². The Labute approximate surface area is 141 Å². The van der Waals surface area contributed by atoms with Gasteiger partial charge in [0.15, 0.2) is 5.82 Å². The van der Waals surface area contributed by atoms with Crippen molar-refractivity contribution in [2.75, 3.05) is 0 Å². The maximum absolute atomic E-state index is 11.0. The summed E-state index contributed by atoms with van der Waals surface area (Å²) < 4.78 is 5.65. The molecule has 8 heteroatoms. The third-order valence-electron chi connectivity index (χ3n) is 3.24. The van der Waals surface area contributed by atoms with E-state index >= 15 is 0 Å². The number of hydrogen-bond donors (Lipinski definition) is 1. The van der Waals surface area contributed by atoms with Crippen LogP contribution in [0.4, 0.5) is 0 Å². The van der Waals surface area contributed by atoms with Crippen LogP contribution in [0, 0.1) is 13.8 Å². The Morgan fingerprint density at radius 2 is 2.17 bits per heavy atom. The molecule has 3 aromatic rings. The number of carboxylic acids is 1. The number of rotatable bonds is 4. The van der Waals surface area contributed by atoms with Crippen molar-refractivity contribution in [3.63, 3.8) is 0 Å². The van der Waals surface area contributed by atoms with Gasteiger partial charge in [-0.3, -0.25) is 4.79 Å². The zero-order valence-corrected chi connectivity index (χ0v) is 14.0. The molecule has 0 unspecified atom stereocenters. The molecule has 2 heterocycles. The van der Waals surface area contributed by atoms with Gasteiger partial charge >= 0.3 is 5.97 Å². The van der Waals surface area contributed by atoms with Gasteiger partial charge in [-0.1, -0.05) is 35.4 Å². The van der Waals surface area contributed by atoms with Crippen molar-refractivity contribution in [2.45, 2.75) is 20.4 Å². The van der Waals surface area contributed by atoms with Crippen LogP contribution in [-0.4, -0.2) is 30.2 Å². The lowest BCUT2D eigenvalue weighted by Gasteiger charge is -2.01. The number of hydrogen-bond acceptors (Lipinski definition) is 5. The van der Waals surface area contributed by atoms with E-state index < -0.39 is 5.97 Å². The fraction of sp³-hybridized carbons (Fsp3) is 0.200. The molecule has 0 fully saturated rings. The second kappa shape index (κ2) is 6.10. The van der Waals surface area contributed by atoms with Crippen molar-refractivity contribution < 1.29 is 9.90 Å². The Balaban J connectivity index is 2.05. The van der Waals surface area contributed by atoms with Crippen LogP contribution < -0.4 is 0 Å². The molecule has 0 aliphatic carbocycles. The number of halogens is 1. The van der Waals surface area contributed by atoms with E-state index in [9.17, 15) is 4.79 Å². The highest BCUT2D eigenvalue weighted by Gasteiger charge is 2.21. The average Bonchev–Trinajstić information content (AvgIpc) is 3.05. The van der Waals surface area contributed by atoms with Crippen molar-refractivity contribution in [2.24, 2.45) is 0 Å². The van der Waals surface area contributed by atoms with Crippen molar-refractivity contribution in [1.82, 2.24) is 19.1 Å².